The van der Waals surface area contributed by atoms with Crippen LogP contribution in [0.2, 0.25) is 0 Å². The van der Waals surface area contributed by atoms with Crippen molar-refractivity contribution in [3.63, 3.8) is 0 Å². The number of hydrogen-bond donors (Lipinski definition) is 1. The molecule has 100 valence electrons. The molecule has 0 fully saturated rings. The van der Waals surface area contributed by atoms with Crippen LogP contribution in [0.25, 0.3) is 0 Å². The average molecular weight is 255 g/mol. The van der Waals surface area contributed by atoms with E-state index in [0.29, 0.717) is 0 Å². The van der Waals surface area contributed by atoms with Gasteiger partial charge in [0.25, 0.3) is 0 Å². The smallest absolute Gasteiger partial charge is 0.135 e. The van der Waals surface area contributed by atoms with Crippen molar-refractivity contribution in [2.45, 2.75) is 33.6 Å². The van der Waals surface area contributed by atoms with Crippen LogP contribution in [0, 0.1) is 13.8 Å². The molecule has 1 N–H and O–H groups in total. The van der Waals surface area contributed by atoms with Crippen LogP contribution in [-0.2, 0) is 6.42 Å². The molecular formula is C16H21N3. The number of aryl methyl sites for hydroxylation is 1. The highest BCUT2D eigenvalue weighted by molar-refractivity contribution is 5.45. The van der Waals surface area contributed by atoms with Gasteiger partial charge in [-0.2, -0.15) is 0 Å². The fourth-order valence-electron chi connectivity index (χ4n) is 1.96. The summed E-state index contributed by atoms with van der Waals surface area (Å²) in [4.78, 5) is 9.23. The van der Waals surface area contributed by atoms with Crippen molar-refractivity contribution >= 4 is 5.82 Å². The van der Waals surface area contributed by atoms with Crippen LogP contribution in [0.5, 0.6) is 0 Å². The van der Waals surface area contributed by atoms with Gasteiger partial charge in [0.15, 0.2) is 0 Å². The summed E-state index contributed by atoms with van der Waals surface area (Å²) in [5.74, 6) is 1.85. The minimum absolute atomic E-state index is 0.781. The number of aromatic nitrogens is 2. The fraction of sp³-hybridized carbons (Fsp3) is 0.375. The summed E-state index contributed by atoms with van der Waals surface area (Å²) in [7, 11) is 0. The van der Waals surface area contributed by atoms with Gasteiger partial charge < -0.3 is 5.32 Å². The Kier molecular flexibility index (Phi) is 4.50. The minimum atomic E-state index is 0.781. The van der Waals surface area contributed by atoms with E-state index in [4.69, 9.17) is 0 Å². The van der Waals surface area contributed by atoms with Gasteiger partial charge in [0, 0.05) is 24.2 Å². The van der Waals surface area contributed by atoms with Crippen LogP contribution in [0.1, 0.15) is 36.0 Å². The highest BCUT2D eigenvalue weighted by atomic mass is 15.0. The van der Waals surface area contributed by atoms with E-state index in [1.807, 2.05) is 25.1 Å². The van der Waals surface area contributed by atoms with Gasteiger partial charge in [-0.1, -0.05) is 37.3 Å². The van der Waals surface area contributed by atoms with Crippen LogP contribution in [0.3, 0.4) is 0 Å². The van der Waals surface area contributed by atoms with Crippen molar-refractivity contribution in [1.29, 1.82) is 0 Å². The van der Waals surface area contributed by atoms with Gasteiger partial charge in [0.05, 0.1) is 0 Å². The topological polar surface area (TPSA) is 37.8 Å². The van der Waals surface area contributed by atoms with E-state index < -0.39 is 0 Å². The van der Waals surface area contributed by atoms with E-state index in [1.165, 1.54) is 5.56 Å². The van der Waals surface area contributed by atoms with E-state index in [2.05, 4.69) is 41.3 Å². The van der Waals surface area contributed by atoms with Crippen molar-refractivity contribution in [1.82, 2.24) is 9.97 Å². The molecule has 0 aliphatic carbocycles. The van der Waals surface area contributed by atoms with E-state index in [9.17, 15) is 0 Å². The van der Waals surface area contributed by atoms with Crippen LogP contribution >= 0.6 is 0 Å². The Bertz CT molecular complexity index is 535. The SMILES string of the molecule is CCCNc1nc(Cc2ccccc2)nc(C)c1C. The average Bonchev–Trinajstić information content (AvgIpc) is 2.42. The third-order valence-corrected chi connectivity index (χ3v) is 3.18. The molecule has 0 amide bonds. The van der Waals surface area contributed by atoms with Gasteiger partial charge in [-0.05, 0) is 25.8 Å². The Morgan fingerprint density at radius 2 is 1.79 bits per heavy atom. The van der Waals surface area contributed by atoms with E-state index in [0.717, 1.165) is 42.3 Å². The lowest BCUT2D eigenvalue weighted by atomic mass is 10.1. The number of rotatable bonds is 5. The summed E-state index contributed by atoms with van der Waals surface area (Å²) < 4.78 is 0. The number of nitrogens with zero attached hydrogens (tertiary/aromatic N) is 2. The zero-order valence-corrected chi connectivity index (χ0v) is 11.9. The summed E-state index contributed by atoms with van der Waals surface area (Å²) in [6, 6.07) is 10.3. The molecule has 3 nitrogen and oxygen atoms in total. The van der Waals surface area contributed by atoms with Crippen molar-refractivity contribution < 1.29 is 0 Å². The molecule has 0 atom stereocenters. The number of benzene rings is 1. The lowest BCUT2D eigenvalue weighted by Gasteiger charge is -2.11. The van der Waals surface area contributed by atoms with Crippen molar-refractivity contribution in [3.05, 3.63) is 53.0 Å². The third kappa shape index (κ3) is 3.53. The predicted octanol–water partition coefficient (Wildman–Crippen LogP) is 3.51. The van der Waals surface area contributed by atoms with Gasteiger partial charge >= 0.3 is 0 Å². The van der Waals surface area contributed by atoms with Gasteiger partial charge in [-0.15, -0.1) is 0 Å². The van der Waals surface area contributed by atoms with Crippen LogP contribution in [0.4, 0.5) is 5.82 Å². The molecule has 3 heteroatoms. The molecule has 0 saturated heterocycles. The molecule has 1 heterocycles. The van der Waals surface area contributed by atoms with Gasteiger partial charge in [0.1, 0.15) is 11.6 Å². The Morgan fingerprint density at radius 3 is 2.47 bits per heavy atom. The van der Waals surface area contributed by atoms with Gasteiger partial charge in [-0.25, -0.2) is 9.97 Å². The standard InChI is InChI=1S/C16H21N3/c1-4-10-17-16-12(2)13(3)18-15(19-16)11-14-8-6-5-7-9-14/h5-9H,4,10-11H2,1-3H3,(H,17,18,19). The van der Waals surface area contributed by atoms with E-state index in [1.54, 1.807) is 0 Å². The van der Waals surface area contributed by atoms with Crippen molar-refractivity contribution in [3.8, 4) is 0 Å². The zero-order chi connectivity index (χ0) is 13.7. The molecular weight excluding hydrogens is 234 g/mol. The second-order valence-electron chi connectivity index (χ2n) is 4.79. The second kappa shape index (κ2) is 6.32. The third-order valence-electron chi connectivity index (χ3n) is 3.18. The highest BCUT2D eigenvalue weighted by Crippen LogP contribution is 2.16. The molecule has 2 rings (SSSR count). The number of nitrogens with one attached hydrogen (secondary N) is 1. The lowest BCUT2D eigenvalue weighted by Crippen LogP contribution is -2.09. The molecule has 0 spiro atoms. The largest absolute Gasteiger partial charge is 0.370 e. The maximum Gasteiger partial charge on any atom is 0.135 e. The first kappa shape index (κ1) is 13.5. The molecule has 0 bridgehead atoms. The van der Waals surface area contributed by atoms with Crippen LogP contribution < -0.4 is 5.32 Å². The summed E-state index contributed by atoms with van der Waals surface area (Å²) in [6.45, 7) is 7.21. The molecule has 0 aliphatic rings. The quantitative estimate of drug-likeness (QED) is 0.888. The first-order chi connectivity index (χ1) is 9.20. The highest BCUT2D eigenvalue weighted by Gasteiger charge is 2.08. The molecule has 1 aromatic carbocycles. The first-order valence-electron chi connectivity index (χ1n) is 6.82. The monoisotopic (exact) mass is 255 g/mol. The summed E-state index contributed by atoms with van der Waals surface area (Å²) in [6.07, 6.45) is 1.87. The van der Waals surface area contributed by atoms with Gasteiger partial charge in [0.2, 0.25) is 0 Å². The van der Waals surface area contributed by atoms with E-state index >= 15 is 0 Å². The van der Waals surface area contributed by atoms with Crippen molar-refractivity contribution in [2.75, 3.05) is 11.9 Å². The van der Waals surface area contributed by atoms with Crippen LogP contribution in [0.15, 0.2) is 30.3 Å². The number of anilines is 1. The summed E-state index contributed by atoms with van der Waals surface area (Å²) in [5, 5.41) is 3.38. The Morgan fingerprint density at radius 1 is 1.05 bits per heavy atom. The second-order valence-corrected chi connectivity index (χ2v) is 4.79. The zero-order valence-electron chi connectivity index (χ0n) is 11.9. The minimum Gasteiger partial charge on any atom is -0.370 e. The van der Waals surface area contributed by atoms with Crippen molar-refractivity contribution in [2.24, 2.45) is 0 Å². The molecule has 0 saturated carbocycles. The molecule has 19 heavy (non-hydrogen) atoms. The maximum absolute atomic E-state index is 4.64. The first-order valence-corrected chi connectivity index (χ1v) is 6.82. The molecule has 0 unspecified atom stereocenters. The molecule has 0 aliphatic heterocycles. The predicted molar refractivity (Wildman–Crippen MR) is 79.5 cm³/mol. The lowest BCUT2D eigenvalue weighted by molar-refractivity contribution is 0.904. The van der Waals surface area contributed by atoms with Gasteiger partial charge in [-0.3, -0.25) is 0 Å². The summed E-state index contributed by atoms with van der Waals surface area (Å²) in [5.41, 5.74) is 3.44. The Balaban J connectivity index is 2.23. The molecule has 0 radical (unpaired) electrons. The van der Waals surface area contributed by atoms with E-state index in [-0.39, 0.29) is 0 Å². The summed E-state index contributed by atoms with van der Waals surface area (Å²) >= 11 is 0. The Hall–Kier alpha value is -1.90. The molecule has 2 aromatic rings. The normalized spacial score (nSPS) is 10.5. The fourth-order valence-corrected chi connectivity index (χ4v) is 1.96. The van der Waals surface area contributed by atoms with Crippen LogP contribution in [-0.4, -0.2) is 16.5 Å². The maximum atomic E-state index is 4.64. The molecule has 1 aromatic heterocycles. The Labute approximate surface area is 115 Å². The number of hydrogen-bond acceptors (Lipinski definition) is 3.